The molecule has 0 radical (unpaired) electrons. The van der Waals surface area contributed by atoms with Crippen molar-refractivity contribution < 1.29 is 4.74 Å². The van der Waals surface area contributed by atoms with Crippen molar-refractivity contribution in [3.8, 4) is 17.1 Å². The fraction of sp³-hybridized carbons (Fsp3) is 0.208. The first-order valence-electron chi connectivity index (χ1n) is 9.95. The molecule has 29 heavy (non-hydrogen) atoms. The van der Waals surface area contributed by atoms with E-state index in [9.17, 15) is 0 Å². The first kappa shape index (κ1) is 17.6. The Morgan fingerprint density at radius 3 is 2.83 bits per heavy atom. The molecule has 0 fully saturated rings. The lowest BCUT2D eigenvalue weighted by Crippen LogP contribution is -2.16. The van der Waals surface area contributed by atoms with E-state index in [1.807, 2.05) is 37.3 Å². The van der Waals surface area contributed by atoms with E-state index in [4.69, 9.17) is 14.7 Å². The van der Waals surface area contributed by atoms with Crippen LogP contribution in [-0.2, 0) is 6.42 Å². The van der Waals surface area contributed by atoms with Crippen LogP contribution in [0, 0.1) is 6.92 Å². The molecule has 0 spiro atoms. The summed E-state index contributed by atoms with van der Waals surface area (Å²) >= 11 is 0. The van der Waals surface area contributed by atoms with E-state index in [1.54, 1.807) is 12.4 Å². The number of hydrogen-bond acceptors (Lipinski definition) is 5. The van der Waals surface area contributed by atoms with E-state index >= 15 is 0 Å². The Hall–Kier alpha value is -3.47. The number of aromatic nitrogens is 3. The average molecular weight is 382 g/mol. The van der Waals surface area contributed by atoms with Gasteiger partial charge in [-0.3, -0.25) is 4.98 Å². The fourth-order valence-corrected chi connectivity index (χ4v) is 3.93. The summed E-state index contributed by atoms with van der Waals surface area (Å²) < 4.78 is 5.75. The third kappa shape index (κ3) is 3.18. The molecule has 2 aromatic heterocycles. The van der Waals surface area contributed by atoms with Crippen LogP contribution in [0.15, 0.2) is 60.9 Å². The Kier molecular flexibility index (Phi) is 4.35. The van der Waals surface area contributed by atoms with E-state index in [-0.39, 0.29) is 0 Å². The Morgan fingerprint density at radius 2 is 2.00 bits per heavy atom. The van der Waals surface area contributed by atoms with Crippen LogP contribution in [0.1, 0.15) is 18.1 Å². The summed E-state index contributed by atoms with van der Waals surface area (Å²) in [5.74, 6) is 2.44. The van der Waals surface area contributed by atoms with Gasteiger partial charge in [0.2, 0.25) is 0 Å². The van der Waals surface area contributed by atoms with E-state index in [1.165, 1.54) is 16.8 Å². The predicted octanol–water partition coefficient (Wildman–Crippen LogP) is 5.09. The number of nitrogens with zero attached hydrogens (tertiary/aromatic N) is 4. The summed E-state index contributed by atoms with van der Waals surface area (Å²) in [5.41, 5.74) is 5.67. The molecule has 1 aliphatic rings. The van der Waals surface area contributed by atoms with Gasteiger partial charge in [0.25, 0.3) is 0 Å². The maximum Gasteiger partial charge on any atom is 0.163 e. The molecule has 5 heteroatoms. The maximum atomic E-state index is 5.75. The second-order valence-electron chi connectivity index (χ2n) is 7.26. The molecule has 1 aliphatic heterocycles. The molecule has 2 aromatic carbocycles. The molecule has 5 nitrogen and oxygen atoms in total. The van der Waals surface area contributed by atoms with Crippen molar-refractivity contribution in [2.45, 2.75) is 20.3 Å². The highest BCUT2D eigenvalue weighted by molar-refractivity contribution is 5.94. The van der Waals surface area contributed by atoms with Crippen LogP contribution in [-0.4, -0.2) is 28.1 Å². The van der Waals surface area contributed by atoms with Crippen molar-refractivity contribution in [3.63, 3.8) is 0 Å². The highest BCUT2D eigenvalue weighted by Gasteiger charge is 2.24. The molecule has 0 unspecified atom stereocenters. The summed E-state index contributed by atoms with van der Waals surface area (Å²) in [6.45, 7) is 5.65. The topological polar surface area (TPSA) is 51.1 Å². The van der Waals surface area contributed by atoms with Crippen LogP contribution in [0.2, 0.25) is 0 Å². The molecule has 0 aliphatic carbocycles. The molecule has 0 saturated heterocycles. The lowest BCUT2D eigenvalue weighted by atomic mass is 10.1. The average Bonchev–Trinajstić information content (AvgIpc) is 3.16. The van der Waals surface area contributed by atoms with Crippen molar-refractivity contribution in [1.29, 1.82) is 0 Å². The Morgan fingerprint density at radius 1 is 1.07 bits per heavy atom. The molecule has 0 atom stereocenters. The van der Waals surface area contributed by atoms with Crippen LogP contribution >= 0.6 is 0 Å². The van der Waals surface area contributed by atoms with E-state index in [0.29, 0.717) is 12.4 Å². The van der Waals surface area contributed by atoms with Crippen molar-refractivity contribution >= 4 is 22.4 Å². The number of fused-ring (bicyclic) bond motifs is 2. The zero-order valence-corrected chi connectivity index (χ0v) is 16.6. The summed E-state index contributed by atoms with van der Waals surface area (Å²) in [6, 6.07) is 16.6. The van der Waals surface area contributed by atoms with Gasteiger partial charge in [-0.1, -0.05) is 17.7 Å². The second kappa shape index (κ2) is 7.17. The minimum Gasteiger partial charge on any atom is -0.494 e. The predicted molar refractivity (Wildman–Crippen MR) is 116 cm³/mol. The minimum absolute atomic E-state index is 0.626. The molecular weight excluding hydrogens is 360 g/mol. The molecular formula is C24H22N4O. The van der Waals surface area contributed by atoms with E-state index in [0.717, 1.165) is 41.0 Å². The van der Waals surface area contributed by atoms with Gasteiger partial charge in [0, 0.05) is 35.6 Å². The second-order valence-corrected chi connectivity index (χ2v) is 7.26. The standard InChI is InChI=1S/C24H22N4O/c1-3-29-19-7-8-21-20(14-19)24(27-23(26-21)18-5-4-11-25-15-18)28-12-10-17-13-16(2)6-9-22(17)28/h4-9,11,13-15H,3,10,12H2,1-2H3. The SMILES string of the molecule is CCOc1ccc2nc(-c3cccnc3)nc(N3CCc4cc(C)ccc43)c2c1. The van der Waals surface area contributed by atoms with Gasteiger partial charge in [-0.05, 0) is 62.2 Å². The van der Waals surface area contributed by atoms with Crippen molar-refractivity contribution in [2.24, 2.45) is 0 Å². The summed E-state index contributed by atoms with van der Waals surface area (Å²) in [6.07, 6.45) is 4.58. The summed E-state index contributed by atoms with van der Waals surface area (Å²) in [4.78, 5) is 16.3. The van der Waals surface area contributed by atoms with Gasteiger partial charge < -0.3 is 9.64 Å². The normalized spacial score (nSPS) is 13.0. The van der Waals surface area contributed by atoms with Gasteiger partial charge in [0.15, 0.2) is 5.82 Å². The first-order valence-corrected chi connectivity index (χ1v) is 9.95. The lowest BCUT2D eigenvalue weighted by Gasteiger charge is -2.21. The number of ether oxygens (including phenoxy) is 1. The van der Waals surface area contributed by atoms with Gasteiger partial charge in [0.05, 0.1) is 12.1 Å². The summed E-state index contributed by atoms with van der Waals surface area (Å²) in [7, 11) is 0. The number of aryl methyl sites for hydroxylation is 1. The van der Waals surface area contributed by atoms with Gasteiger partial charge in [-0.25, -0.2) is 9.97 Å². The van der Waals surface area contributed by atoms with Crippen molar-refractivity contribution in [2.75, 3.05) is 18.1 Å². The Balaban J connectivity index is 1.73. The fourth-order valence-electron chi connectivity index (χ4n) is 3.93. The Labute approximate surface area is 170 Å². The highest BCUT2D eigenvalue weighted by atomic mass is 16.5. The largest absolute Gasteiger partial charge is 0.494 e. The van der Waals surface area contributed by atoms with Gasteiger partial charge in [-0.2, -0.15) is 0 Å². The monoisotopic (exact) mass is 382 g/mol. The van der Waals surface area contributed by atoms with Crippen molar-refractivity contribution in [3.05, 3.63) is 72.1 Å². The molecule has 0 N–H and O–H groups in total. The molecule has 0 bridgehead atoms. The number of hydrogen-bond donors (Lipinski definition) is 0. The molecule has 0 amide bonds. The number of pyridine rings is 1. The zero-order chi connectivity index (χ0) is 19.8. The van der Waals surface area contributed by atoms with Crippen LogP contribution in [0.5, 0.6) is 5.75 Å². The van der Waals surface area contributed by atoms with Crippen LogP contribution in [0.25, 0.3) is 22.3 Å². The minimum atomic E-state index is 0.626. The summed E-state index contributed by atoms with van der Waals surface area (Å²) in [5, 5.41) is 0.997. The van der Waals surface area contributed by atoms with Gasteiger partial charge in [-0.15, -0.1) is 0 Å². The molecule has 3 heterocycles. The number of anilines is 2. The highest BCUT2D eigenvalue weighted by Crippen LogP contribution is 2.39. The molecule has 0 saturated carbocycles. The van der Waals surface area contributed by atoms with Crippen LogP contribution in [0.3, 0.4) is 0 Å². The third-order valence-electron chi connectivity index (χ3n) is 5.26. The van der Waals surface area contributed by atoms with Crippen molar-refractivity contribution in [1.82, 2.24) is 15.0 Å². The quantitative estimate of drug-likeness (QED) is 0.492. The molecule has 144 valence electrons. The maximum absolute atomic E-state index is 5.75. The molecule has 4 aromatic rings. The zero-order valence-electron chi connectivity index (χ0n) is 16.6. The molecule has 5 rings (SSSR count). The van der Waals surface area contributed by atoms with E-state index in [2.05, 4.69) is 35.0 Å². The Bertz CT molecular complexity index is 1190. The van der Waals surface area contributed by atoms with Gasteiger partial charge >= 0.3 is 0 Å². The van der Waals surface area contributed by atoms with E-state index < -0.39 is 0 Å². The number of benzene rings is 2. The van der Waals surface area contributed by atoms with Gasteiger partial charge in [0.1, 0.15) is 11.6 Å². The third-order valence-corrected chi connectivity index (χ3v) is 5.26. The van der Waals surface area contributed by atoms with Crippen LogP contribution in [0.4, 0.5) is 11.5 Å². The number of rotatable bonds is 4. The lowest BCUT2D eigenvalue weighted by molar-refractivity contribution is 0.340. The first-order chi connectivity index (χ1) is 14.2. The van der Waals surface area contributed by atoms with Crippen LogP contribution < -0.4 is 9.64 Å². The smallest absolute Gasteiger partial charge is 0.163 e.